The van der Waals surface area contributed by atoms with Crippen LogP contribution in [0, 0.1) is 5.82 Å². The van der Waals surface area contributed by atoms with Gasteiger partial charge >= 0.3 is 0 Å². The normalized spacial score (nSPS) is 15.7. The van der Waals surface area contributed by atoms with Gasteiger partial charge in [0.25, 0.3) is 0 Å². The number of aryl methyl sites for hydroxylation is 1. The first-order valence-corrected chi connectivity index (χ1v) is 7.12. The Morgan fingerprint density at radius 3 is 2.57 bits per heavy atom. The van der Waals surface area contributed by atoms with Crippen molar-refractivity contribution in [1.82, 2.24) is 15.1 Å². The standard InChI is InChI=1S/C16H22FN3O/c1-4-15(12-5-7-14(17)8-6-12)18-11-16(2,21)13-9-19-20(3)10-13/h5-10,15,18,21H,4,11H2,1-3H3/t15-,16-/m0/s1. The number of aliphatic hydroxyl groups is 1. The van der Waals surface area contributed by atoms with Gasteiger partial charge in [-0.15, -0.1) is 0 Å². The van der Waals surface area contributed by atoms with Gasteiger partial charge < -0.3 is 10.4 Å². The Kier molecular flexibility index (Phi) is 4.75. The molecule has 21 heavy (non-hydrogen) atoms. The molecule has 0 amide bonds. The number of hydrogen-bond donors (Lipinski definition) is 2. The van der Waals surface area contributed by atoms with E-state index in [9.17, 15) is 9.50 Å². The number of rotatable bonds is 6. The van der Waals surface area contributed by atoms with Crippen LogP contribution < -0.4 is 5.32 Å². The zero-order chi connectivity index (χ0) is 15.5. The molecule has 114 valence electrons. The van der Waals surface area contributed by atoms with Crippen molar-refractivity contribution in [3.63, 3.8) is 0 Å². The second-order valence-electron chi connectivity index (χ2n) is 5.57. The molecule has 2 N–H and O–H groups in total. The maximum absolute atomic E-state index is 13.0. The maximum Gasteiger partial charge on any atom is 0.123 e. The zero-order valence-electron chi connectivity index (χ0n) is 12.7. The average Bonchev–Trinajstić information content (AvgIpc) is 2.89. The van der Waals surface area contributed by atoms with Crippen molar-refractivity contribution >= 4 is 0 Å². The average molecular weight is 291 g/mol. The molecule has 1 heterocycles. The monoisotopic (exact) mass is 291 g/mol. The third-order valence-corrected chi connectivity index (χ3v) is 3.70. The van der Waals surface area contributed by atoms with E-state index in [1.54, 1.807) is 36.1 Å². The number of aromatic nitrogens is 2. The largest absolute Gasteiger partial charge is 0.384 e. The van der Waals surface area contributed by atoms with Crippen molar-refractivity contribution < 1.29 is 9.50 Å². The molecule has 0 aliphatic heterocycles. The molecule has 4 nitrogen and oxygen atoms in total. The molecular weight excluding hydrogens is 269 g/mol. The lowest BCUT2D eigenvalue weighted by Crippen LogP contribution is -2.37. The van der Waals surface area contributed by atoms with Crippen LogP contribution in [0.4, 0.5) is 4.39 Å². The van der Waals surface area contributed by atoms with Crippen LogP contribution in [0.5, 0.6) is 0 Å². The predicted octanol–water partition coefficient (Wildman–Crippen LogP) is 2.51. The fourth-order valence-electron chi connectivity index (χ4n) is 2.32. The van der Waals surface area contributed by atoms with Crippen molar-refractivity contribution in [3.8, 4) is 0 Å². The van der Waals surface area contributed by atoms with Crippen LogP contribution in [0.3, 0.4) is 0 Å². The molecule has 0 fully saturated rings. The molecule has 2 rings (SSSR count). The molecule has 1 aromatic carbocycles. The van der Waals surface area contributed by atoms with E-state index < -0.39 is 5.60 Å². The van der Waals surface area contributed by atoms with Crippen LogP contribution in [0.15, 0.2) is 36.7 Å². The smallest absolute Gasteiger partial charge is 0.123 e. The second-order valence-corrected chi connectivity index (χ2v) is 5.57. The van der Waals surface area contributed by atoms with E-state index in [4.69, 9.17) is 0 Å². The predicted molar refractivity (Wildman–Crippen MR) is 80.2 cm³/mol. The molecule has 5 heteroatoms. The first-order valence-electron chi connectivity index (χ1n) is 7.12. The van der Waals surface area contributed by atoms with Crippen molar-refractivity contribution in [3.05, 3.63) is 53.6 Å². The molecule has 0 aliphatic carbocycles. The molecule has 0 saturated heterocycles. The summed E-state index contributed by atoms with van der Waals surface area (Å²) in [5.41, 5.74) is 0.786. The highest BCUT2D eigenvalue weighted by molar-refractivity contribution is 5.20. The van der Waals surface area contributed by atoms with Gasteiger partial charge in [0.2, 0.25) is 0 Å². The van der Waals surface area contributed by atoms with Crippen LogP contribution in [-0.2, 0) is 12.6 Å². The Hall–Kier alpha value is -1.72. The van der Waals surface area contributed by atoms with Crippen molar-refractivity contribution in [2.24, 2.45) is 7.05 Å². The van der Waals surface area contributed by atoms with Gasteiger partial charge in [0.15, 0.2) is 0 Å². The van der Waals surface area contributed by atoms with Crippen molar-refractivity contribution in [1.29, 1.82) is 0 Å². The third kappa shape index (κ3) is 3.89. The minimum atomic E-state index is -0.998. The minimum absolute atomic E-state index is 0.0775. The quantitative estimate of drug-likeness (QED) is 0.860. The Bertz CT molecular complexity index is 577. The van der Waals surface area contributed by atoms with E-state index in [0.29, 0.717) is 6.54 Å². The van der Waals surface area contributed by atoms with Gasteiger partial charge in [-0.2, -0.15) is 5.10 Å². The van der Waals surface area contributed by atoms with Crippen molar-refractivity contribution in [2.45, 2.75) is 31.9 Å². The second kappa shape index (κ2) is 6.37. The zero-order valence-corrected chi connectivity index (χ0v) is 12.7. The van der Waals surface area contributed by atoms with E-state index in [-0.39, 0.29) is 11.9 Å². The van der Waals surface area contributed by atoms with Crippen LogP contribution in [-0.4, -0.2) is 21.4 Å². The third-order valence-electron chi connectivity index (χ3n) is 3.70. The lowest BCUT2D eigenvalue weighted by atomic mass is 9.97. The Balaban J connectivity index is 2.04. The maximum atomic E-state index is 13.0. The van der Waals surface area contributed by atoms with Gasteiger partial charge in [0.05, 0.1) is 6.20 Å². The Morgan fingerprint density at radius 1 is 1.38 bits per heavy atom. The number of nitrogens with one attached hydrogen (secondary N) is 1. The molecule has 0 bridgehead atoms. The molecule has 2 atom stereocenters. The van der Waals surface area contributed by atoms with Gasteiger partial charge in [0, 0.05) is 31.4 Å². The Labute approximate surface area is 124 Å². The molecule has 0 aliphatic rings. The molecule has 1 aromatic heterocycles. The highest BCUT2D eigenvalue weighted by Gasteiger charge is 2.25. The summed E-state index contributed by atoms with van der Waals surface area (Å²) in [5.74, 6) is -0.240. The van der Waals surface area contributed by atoms with Crippen LogP contribution in [0.2, 0.25) is 0 Å². The van der Waals surface area contributed by atoms with Crippen LogP contribution in [0.1, 0.15) is 37.4 Å². The minimum Gasteiger partial charge on any atom is -0.384 e. The molecule has 0 spiro atoms. The first-order chi connectivity index (χ1) is 9.92. The summed E-state index contributed by atoms with van der Waals surface area (Å²) in [4.78, 5) is 0. The summed E-state index contributed by atoms with van der Waals surface area (Å²) < 4.78 is 14.7. The van der Waals surface area contributed by atoms with Crippen molar-refractivity contribution in [2.75, 3.05) is 6.54 Å². The first kappa shape index (κ1) is 15.7. The fraction of sp³-hybridized carbons (Fsp3) is 0.438. The number of hydrogen-bond acceptors (Lipinski definition) is 3. The van der Waals surface area contributed by atoms with Crippen LogP contribution >= 0.6 is 0 Å². The number of benzene rings is 1. The van der Waals surface area contributed by atoms with Gasteiger partial charge in [-0.3, -0.25) is 4.68 Å². The highest BCUT2D eigenvalue weighted by atomic mass is 19.1. The summed E-state index contributed by atoms with van der Waals surface area (Å²) >= 11 is 0. The summed E-state index contributed by atoms with van der Waals surface area (Å²) in [6.07, 6.45) is 4.33. The van der Waals surface area contributed by atoms with E-state index in [2.05, 4.69) is 17.3 Å². The number of nitrogens with zero attached hydrogens (tertiary/aromatic N) is 2. The summed E-state index contributed by atoms with van der Waals surface area (Å²) in [5, 5.41) is 18.0. The molecular formula is C16H22FN3O. The van der Waals surface area contributed by atoms with E-state index in [1.807, 2.05) is 7.05 Å². The fourth-order valence-corrected chi connectivity index (χ4v) is 2.32. The lowest BCUT2D eigenvalue weighted by Gasteiger charge is -2.26. The highest BCUT2D eigenvalue weighted by Crippen LogP contribution is 2.22. The number of halogens is 1. The molecule has 0 radical (unpaired) electrons. The summed E-state index contributed by atoms with van der Waals surface area (Å²) in [7, 11) is 1.82. The van der Waals surface area contributed by atoms with Gasteiger partial charge in [-0.05, 0) is 31.0 Å². The topological polar surface area (TPSA) is 50.1 Å². The SMILES string of the molecule is CC[C@H](NC[C@](C)(O)c1cnn(C)c1)c1ccc(F)cc1. The Morgan fingerprint density at radius 2 is 2.05 bits per heavy atom. The summed E-state index contributed by atoms with van der Waals surface area (Å²) in [6.45, 7) is 4.21. The van der Waals surface area contributed by atoms with E-state index in [0.717, 1.165) is 17.5 Å². The van der Waals surface area contributed by atoms with Gasteiger partial charge in [0.1, 0.15) is 11.4 Å². The van der Waals surface area contributed by atoms with E-state index >= 15 is 0 Å². The van der Waals surface area contributed by atoms with Gasteiger partial charge in [-0.1, -0.05) is 19.1 Å². The molecule has 0 unspecified atom stereocenters. The molecule has 2 aromatic rings. The molecule has 0 saturated carbocycles. The van der Waals surface area contributed by atoms with E-state index in [1.165, 1.54) is 12.1 Å². The summed E-state index contributed by atoms with van der Waals surface area (Å²) in [6, 6.07) is 6.54. The van der Waals surface area contributed by atoms with Crippen LogP contribution in [0.25, 0.3) is 0 Å². The lowest BCUT2D eigenvalue weighted by molar-refractivity contribution is 0.0535. The van der Waals surface area contributed by atoms with Gasteiger partial charge in [-0.25, -0.2) is 4.39 Å².